The molecule has 1 atom stereocenters. The van der Waals surface area contributed by atoms with E-state index < -0.39 is 0 Å². The summed E-state index contributed by atoms with van der Waals surface area (Å²) < 4.78 is 2.19. The number of hydrogen-bond donors (Lipinski definition) is 1. The summed E-state index contributed by atoms with van der Waals surface area (Å²) in [6, 6.07) is 27.5. The average Bonchev–Trinajstić information content (AvgIpc) is 3.23. The van der Waals surface area contributed by atoms with Gasteiger partial charge in [0.1, 0.15) is 0 Å². The lowest BCUT2D eigenvalue weighted by atomic mass is 10.0. The fraction of sp³-hybridized carbons (Fsp3) is 0.148. The van der Waals surface area contributed by atoms with Gasteiger partial charge in [0, 0.05) is 42.4 Å². The van der Waals surface area contributed by atoms with Crippen molar-refractivity contribution in [1.29, 1.82) is 0 Å². The summed E-state index contributed by atoms with van der Waals surface area (Å²) in [5, 5.41) is 3.63. The molecule has 0 aliphatic carbocycles. The normalized spacial score (nSPS) is 14.8. The molecule has 166 valence electrons. The minimum absolute atomic E-state index is 0.177. The largest absolute Gasteiger partial charge is 0.378 e. The minimum Gasteiger partial charge on any atom is -0.378 e. The predicted molar refractivity (Wildman–Crippen MR) is 134 cm³/mol. The van der Waals surface area contributed by atoms with Crippen LogP contribution in [0.2, 0.25) is 5.02 Å². The van der Waals surface area contributed by atoms with Crippen LogP contribution >= 0.6 is 11.6 Å². The molecule has 0 radical (unpaired) electrons. The topological polar surface area (TPSA) is 40.5 Å². The standard InChI is InChI=1S/C27H25ClN4O/c1-30(2)23-14-12-19(13-15-23)26-25-11-6-16-31(25)24-10-4-3-7-20(24)18-32(26)27(33)29-22-9-5-8-21(28)17-22/h3-17,26H,18H2,1-2H3,(H,29,33)/t26-/m0/s1. The number of aromatic nitrogens is 1. The van der Waals surface area contributed by atoms with Crippen LogP contribution in [0.25, 0.3) is 5.69 Å². The van der Waals surface area contributed by atoms with Crippen molar-refractivity contribution in [2.45, 2.75) is 12.6 Å². The Balaban J connectivity index is 1.61. The maximum Gasteiger partial charge on any atom is 0.322 e. The van der Waals surface area contributed by atoms with Crippen LogP contribution in [0, 0.1) is 0 Å². The summed E-state index contributed by atoms with van der Waals surface area (Å²) in [7, 11) is 4.04. The highest BCUT2D eigenvalue weighted by Crippen LogP contribution is 2.37. The zero-order valence-electron chi connectivity index (χ0n) is 18.6. The van der Waals surface area contributed by atoms with Crippen molar-refractivity contribution in [2.24, 2.45) is 0 Å². The smallest absolute Gasteiger partial charge is 0.322 e. The fourth-order valence-electron chi connectivity index (χ4n) is 4.41. The van der Waals surface area contributed by atoms with Crippen LogP contribution < -0.4 is 10.2 Å². The first-order valence-corrected chi connectivity index (χ1v) is 11.2. The van der Waals surface area contributed by atoms with Gasteiger partial charge in [0.2, 0.25) is 0 Å². The minimum atomic E-state index is -0.261. The molecule has 2 heterocycles. The van der Waals surface area contributed by atoms with Crippen LogP contribution in [0.4, 0.5) is 16.2 Å². The molecule has 3 aromatic carbocycles. The van der Waals surface area contributed by atoms with Crippen LogP contribution in [0.5, 0.6) is 0 Å². The molecule has 0 bridgehead atoms. The summed E-state index contributed by atoms with van der Waals surface area (Å²) in [6.07, 6.45) is 2.06. The Labute approximate surface area is 198 Å². The van der Waals surface area contributed by atoms with Gasteiger partial charge in [-0.15, -0.1) is 0 Å². The molecule has 1 aromatic heterocycles. The first-order chi connectivity index (χ1) is 16.0. The van der Waals surface area contributed by atoms with Gasteiger partial charge in [-0.1, -0.05) is 48.0 Å². The van der Waals surface area contributed by atoms with E-state index in [9.17, 15) is 4.79 Å². The number of benzene rings is 3. The molecule has 1 N–H and O–H groups in total. The van der Waals surface area contributed by atoms with E-state index >= 15 is 0 Å². The van der Waals surface area contributed by atoms with Crippen molar-refractivity contribution in [2.75, 3.05) is 24.3 Å². The Morgan fingerprint density at radius 1 is 0.970 bits per heavy atom. The van der Waals surface area contributed by atoms with Crippen LogP contribution in [0.3, 0.4) is 0 Å². The van der Waals surface area contributed by atoms with E-state index in [4.69, 9.17) is 11.6 Å². The van der Waals surface area contributed by atoms with E-state index in [2.05, 4.69) is 63.4 Å². The number of carbonyl (C=O) groups is 1. The van der Waals surface area contributed by atoms with Crippen LogP contribution in [0.15, 0.2) is 91.1 Å². The van der Waals surface area contributed by atoms with Gasteiger partial charge in [0.15, 0.2) is 0 Å². The molecule has 5 rings (SSSR count). The molecule has 6 heteroatoms. The fourth-order valence-corrected chi connectivity index (χ4v) is 4.60. The Kier molecular flexibility index (Phi) is 5.56. The van der Waals surface area contributed by atoms with E-state index in [0.717, 1.165) is 28.2 Å². The van der Waals surface area contributed by atoms with Crippen molar-refractivity contribution in [3.8, 4) is 5.69 Å². The molecular formula is C27H25ClN4O. The number of halogens is 1. The monoisotopic (exact) mass is 456 g/mol. The van der Waals surface area contributed by atoms with Gasteiger partial charge in [0.25, 0.3) is 0 Å². The third-order valence-electron chi connectivity index (χ3n) is 6.03. The first-order valence-electron chi connectivity index (χ1n) is 10.9. The number of urea groups is 1. The van der Waals surface area contributed by atoms with Crippen molar-refractivity contribution in [3.63, 3.8) is 0 Å². The Morgan fingerprint density at radius 3 is 2.52 bits per heavy atom. The highest BCUT2D eigenvalue weighted by atomic mass is 35.5. The zero-order valence-corrected chi connectivity index (χ0v) is 19.3. The molecule has 1 aliphatic rings. The third kappa shape index (κ3) is 4.08. The van der Waals surface area contributed by atoms with Gasteiger partial charge in [-0.3, -0.25) is 0 Å². The molecule has 1 aliphatic heterocycles. The van der Waals surface area contributed by atoms with Gasteiger partial charge < -0.3 is 19.7 Å². The summed E-state index contributed by atoms with van der Waals surface area (Å²) in [5.41, 5.74) is 6.05. The number of anilines is 2. The quantitative estimate of drug-likeness (QED) is 0.391. The van der Waals surface area contributed by atoms with E-state index in [1.165, 1.54) is 0 Å². The summed E-state index contributed by atoms with van der Waals surface area (Å²) in [4.78, 5) is 17.6. The predicted octanol–water partition coefficient (Wildman–Crippen LogP) is 6.33. The van der Waals surface area contributed by atoms with E-state index in [0.29, 0.717) is 17.3 Å². The number of amides is 2. The maximum atomic E-state index is 13.7. The lowest BCUT2D eigenvalue weighted by Crippen LogP contribution is -2.37. The molecule has 4 aromatic rings. The first kappa shape index (κ1) is 21.2. The third-order valence-corrected chi connectivity index (χ3v) is 6.26. The molecule has 0 saturated carbocycles. The second-order valence-corrected chi connectivity index (χ2v) is 8.83. The summed E-state index contributed by atoms with van der Waals surface area (Å²) in [5.74, 6) is 0. The summed E-state index contributed by atoms with van der Waals surface area (Å²) >= 11 is 6.15. The van der Waals surface area contributed by atoms with Gasteiger partial charge in [-0.05, 0) is 59.7 Å². The zero-order chi connectivity index (χ0) is 22.9. The molecule has 5 nitrogen and oxygen atoms in total. The number of nitrogens with zero attached hydrogens (tertiary/aromatic N) is 3. The molecular weight excluding hydrogens is 432 g/mol. The van der Waals surface area contributed by atoms with Gasteiger partial charge in [0.05, 0.1) is 18.3 Å². The lowest BCUT2D eigenvalue weighted by Gasteiger charge is -2.31. The SMILES string of the molecule is CN(C)c1ccc([C@H]2c3cccn3-c3ccccc3CN2C(=O)Nc2cccc(Cl)c2)cc1. The average molecular weight is 457 g/mol. The van der Waals surface area contributed by atoms with Gasteiger partial charge >= 0.3 is 6.03 Å². The van der Waals surface area contributed by atoms with Crippen molar-refractivity contribution < 1.29 is 4.79 Å². The molecule has 0 unspecified atom stereocenters. The molecule has 2 amide bonds. The number of carbonyl (C=O) groups excluding carboxylic acids is 1. The Bertz CT molecular complexity index is 1300. The molecule has 33 heavy (non-hydrogen) atoms. The second-order valence-electron chi connectivity index (χ2n) is 8.39. The number of rotatable bonds is 3. The maximum absolute atomic E-state index is 13.7. The van der Waals surface area contributed by atoms with Crippen LogP contribution in [-0.2, 0) is 6.54 Å². The number of nitrogens with one attached hydrogen (secondary N) is 1. The number of fused-ring (bicyclic) bond motifs is 3. The van der Waals surface area contributed by atoms with Gasteiger partial charge in [-0.25, -0.2) is 4.79 Å². The van der Waals surface area contributed by atoms with Crippen molar-refractivity contribution in [1.82, 2.24) is 9.47 Å². The van der Waals surface area contributed by atoms with E-state index in [1.54, 1.807) is 12.1 Å². The second kappa shape index (κ2) is 8.68. The highest BCUT2D eigenvalue weighted by molar-refractivity contribution is 6.30. The molecule has 0 saturated heterocycles. The Hall–Kier alpha value is -3.70. The Morgan fingerprint density at radius 2 is 1.76 bits per heavy atom. The summed E-state index contributed by atoms with van der Waals surface area (Å²) in [6.45, 7) is 0.477. The van der Waals surface area contributed by atoms with Gasteiger partial charge in [-0.2, -0.15) is 0 Å². The van der Waals surface area contributed by atoms with Crippen LogP contribution in [-0.4, -0.2) is 29.6 Å². The van der Waals surface area contributed by atoms with Crippen molar-refractivity contribution >= 4 is 29.0 Å². The number of hydrogen-bond acceptors (Lipinski definition) is 2. The molecule has 0 spiro atoms. The van der Waals surface area contributed by atoms with Crippen molar-refractivity contribution in [3.05, 3.63) is 113 Å². The number of para-hydroxylation sites is 1. The lowest BCUT2D eigenvalue weighted by molar-refractivity contribution is 0.194. The van der Waals surface area contributed by atoms with Crippen LogP contribution in [0.1, 0.15) is 22.9 Å². The van der Waals surface area contributed by atoms with E-state index in [-0.39, 0.29) is 12.1 Å². The molecule has 0 fully saturated rings. The van der Waals surface area contributed by atoms with E-state index in [1.807, 2.05) is 49.3 Å². The highest BCUT2D eigenvalue weighted by Gasteiger charge is 2.33.